The van der Waals surface area contributed by atoms with E-state index in [-0.39, 0.29) is 0 Å². The average molecular weight is 572 g/mol. The molecule has 0 heterocycles. The van der Waals surface area contributed by atoms with Crippen LogP contribution in [-0.2, 0) is 12.8 Å². The van der Waals surface area contributed by atoms with E-state index in [1.165, 1.54) is 12.1 Å². The Morgan fingerprint density at radius 2 is 1.59 bits per heavy atom. The largest absolute Gasteiger partial charge is 0.490 e. The molecule has 4 nitrogen and oxygen atoms in total. The molecule has 0 aromatic heterocycles. The molecule has 9 heteroatoms. The van der Waals surface area contributed by atoms with E-state index in [9.17, 15) is 13.2 Å². The molecular formula is C23H19Br2F3N2O2. The summed E-state index contributed by atoms with van der Waals surface area (Å²) >= 11 is 6.91. The molecule has 0 atom stereocenters. The molecule has 0 bridgehead atoms. The fourth-order valence-electron chi connectivity index (χ4n) is 2.68. The van der Waals surface area contributed by atoms with Gasteiger partial charge in [-0.2, -0.15) is 18.3 Å². The first-order valence-corrected chi connectivity index (χ1v) is 11.1. The Morgan fingerprint density at radius 3 is 2.22 bits per heavy atom. The first kappa shape index (κ1) is 24.1. The van der Waals surface area contributed by atoms with Gasteiger partial charge in [0.25, 0.3) is 0 Å². The number of nitrogens with one attached hydrogen (secondary N) is 1. The van der Waals surface area contributed by atoms with Crippen molar-refractivity contribution in [1.82, 2.24) is 0 Å². The topological polar surface area (TPSA) is 42.8 Å². The minimum atomic E-state index is -4.37. The Balaban J connectivity index is 1.71. The van der Waals surface area contributed by atoms with Gasteiger partial charge in [0.2, 0.25) is 0 Å². The lowest BCUT2D eigenvalue weighted by molar-refractivity contribution is -0.137. The van der Waals surface area contributed by atoms with E-state index in [1.807, 2.05) is 31.2 Å². The van der Waals surface area contributed by atoms with Crippen molar-refractivity contribution in [2.24, 2.45) is 5.10 Å². The zero-order valence-corrected chi connectivity index (χ0v) is 20.1. The summed E-state index contributed by atoms with van der Waals surface area (Å²) in [6.45, 7) is 2.71. The SMILES string of the molecule is CCOc1cc(/C=N/Nc2ccc(C(F)(F)F)cc2)c(Br)cc1OCc1ccc(Br)cc1. The van der Waals surface area contributed by atoms with Crippen LogP contribution in [0.4, 0.5) is 18.9 Å². The van der Waals surface area contributed by atoms with E-state index in [0.29, 0.717) is 36.0 Å². The molecule has 0 spiro atoms. The van der Waals surface area contributed by atoms with Crippen molar-refractivity contribution in [3.8, 4) is 11.5 Å². The van der Waals surface area contributed by atoms with Crippen molar-refractivity contribution in [1.29, 1.82) is 0 Å². The second-order valence-electron chi connectivity index (χ2n) is 6.61. The molecule has 0 radical (unpaired) electrons. The lowest BCUT2D eigenvalue weighted by Crippen LogP contribution is -2.04. The predicted molar refractivity (Wildman–Crippen MR) is 126 cm³/mol. The fourth-order valence-corrected chi connectivity index (χ4v) is 3.37. The van der Waals surface area contributed by atoms with Crippen molar-refractivity contribution in [2.45, 2.75) is 19.7 Å². The van der Waals surface area contributed by atoms with Gasteiger partial charge in [0.1, 0.15) is 6.61 Å². The smallest absolute Gasteiger partial charge is 0.416 e. The highest BCUT2D eigenvalue weighted by Gasteiger charge is 2.29. The van der Waals surface area contributed by atoms with Crippen LogP contribution in [0.15, 0.2) is 74.7 Å². The Morgan fingerprint density at radius 1 is 0.938 bits per heavy atom. The van der Waals surface area contributed by atoms with Crippen LogP contribution in [-0.4, -0.2) is 12.8 Å². The van der Waals surface area contributed by atoms with Crippen LogP contribution in [0.25, 0.3) is 0 Å². The summed E-state index contributed by atoms with van der Waals surface area (Å²) in [5.41, 5.74) is 4.17. The van der Waals surface area contributed by atoms with Crippen molar-refractivity contribution in [3.05, 3.63) is 86.3 Å². The van der Waals surface area contributed by atoms with Gasteiger partial charge in [0.05, 0.1) is 24.1 Å². The number of rotatable bonds is 8. The number of halogens is 5. The van der Waals surface area contributed by atoms with Gasteiger partial charge in [-0.3, -0.25) is 5.43 Å². The number of nitrogens with zero attached hydrogens (tertiary/aromatic N) is 1. The summed E-state index contributed by atoms with van der Waals surface area (Å²) in [7, 11) is 0. The monoisotopic (exact) mass is 570 g/mol. The molecule has 3 aromatic rings. The summed E-state index contributed by atoms with van der Waals surface area (Å²) in [4.78, 5) is 0. The first-order chi connectivity index (χ1) is 15.3. The molecule has 0 amide bonds. The molecule has 0 aliphatic carbocycles. The zero-order valence-electron chi connectivity index (χ0n) is 16.9. The molecule has 0 saturated carbocycles. The third kappa shape index (κ3) is 6.74. The number of benzene rings is 3. The summed E-state index contributed by atoms with van der Waals surface area (Å²) in [5, 5.41) is 4.11. The van der Waals surface area contributed by atoms with Crippen LogP contribution in [0.3, 0.4) is 0 Å². The quantitative estimate of drug-likeness (QED) is 0.223. The minimum Gasteiger partial charge on any atom is -0.490 e. The Kier molecular flexibility index (Phi) is 8.20. The van der Waals surface area contributed by atoms with Crippen molar-refractivity contribution < 1.29 is 22.6 Å². The Labute approximate surface area is 200 Å². The number of ether oxygens (including phenoxy) is 2. The van der Waals surface area contributed by atoms with Gasteiger partial charge in [-0.15, -0.1) is 0 Å². The molecule has 3 aromatic carbocycles. The summed E-state index contributed by atoms with van der Waals surface area (Å²) in [6.07, 6.45) is -2.83. The van der Waals surface area contributed by atoms with E-state index >= 15 is 0 Å². The van der Waals surface area contributed by atoms with Gasteiger partial charge in [-0.1, -0.05) is 28.1 Å². The predicted octanol–water partition coefficient (Wildman–Crippen LogP) is 7.65. The van der Waals surface area contributed by atoms with Gasteiger partial charge in [-0.25, -0.2) is 0 Å². The second-order valence-corrected chi connectivity index (χ2v) is 8.38. The highest BCUT2D eigenvalue weighted by Crippen LogP contribution is 2.34. The molecule has 0 saturated heterocycles. The number of anilines is 1. The lowest BCUT2D eigenvalue weighted by Gasteiger charge is -2.14. The summed E-state index contributed by atoms with van der Waals surface area (Å²) in [5.74, 6) is 1.14. The number of hydrogen-bond acceptors (Lipinski definition) is 4. The van der Waals surface area contributed by atoms with Gasteiger partial charge in [0, 0.05) is 14.5 Å². The maximum atomic E-state index is 12.7. The highest BCUT2D eigenvalue weighted by molar-refractivity contribution is 9.10. The van der Waals surface area contributed by atoms with Crippen molar-refractivity contribution in [2.75, 3.05) is 12.0 Å². The number of alkyl halides is 3. The van der Waals surface area contributed by atoms with Crippen molar-refractivity contribution in [3.63, 3.8) is 0 Å². The molecule has 168 valence electrons. The zero-order chi connectivity index (χ0) is 23.1. The van der Waals surface area contributed by atoms with Crippen LogP contribution in [0.2, 0.25) is 0 Å². The molecule has 3 rings (SSSR count). The number of hydrazone groups is 1. The van der Waals surface area contributed by atoms with E-state index < -0.39 is 11.7 Å². The maximum Gasteiger partial charge on any atom is 0.416 e. The average Bonchev–Trinajstić information content (AvgIpc) is 2.75. The summed E-state index contributed by atoms with van der Waals surface area (Å²) < 4.78 is 51.3. The van der Waals surface area contributed by atoms with Crippen LogP contribution in [0.5, 0.6) is 11.5 Å². The minimum absolute atomic E-state index is 0.378. The van der Waals surface area contributed by atoms with E-state index in [0.717, 1.165) is 26.6 Å². The first-order valence-electron chi connectivity index (χ1n) is 9.56. The molecule has 0 aliphatic rings. The Hall–Kier alpha value is -2.52. The Bertz CT molecular complexity index is 1070. The van der Waals surface area contributed by atoms with Crippen molar-refractivity contribution >= 4 is 43.8 Å². The van der Waals surface area contributed by atoms with Crippen LogP contribution < -0.4 is 14.9 Å². The molecule has 1 N–H and O–H groups in total. The standard InChI is InChI=1S/C23H19Br2F3N2O2/c1-2-31-21-11-16(13-29-30-19-9-5-17(6-10-19)23(26,27)28)20(25)12-22(21)32-14-15-3-7-18(24)8-4-15/h3-13,30H,2,14H2,1H3/b29-13+. The molecule has 0 unspecified atom stereocenters. The third-order valence-electron chi connectivity index (χ3n) is 4.28. The number of hydrogen-bond donors (Lipinski definition) is 1. The maximum absolute atomic E-state index is 12.7. The lowest BCUT2D eigenvalue weighted by atomic mass is 10.2. The van der Waals surface area contributed by atoms with Gasteiger partial charge >= 0.3 is 6.18 Å². The van der Waals surface area contributed by atoms with E-state index in [4.69, 9.17) is 9.47 Å². The van der Waals surface area contributed by atoms with E-state index in [2.05, 4.69) is 42.4 Å². The molecule has 0 fully saturated rings. The van der Waals surface area contributed by atoms with Crippen LogP contribution >= 0.6 is 31.9 Å². The molecule has 0 aliphatic heterocycles. The van der Waals surface area contributed by atoms with E-state index in [1.54, 1.807) is 18.3 Å². The normalized spacial score (nSPS) is 11.6. The molecular weight excluding hydrogens is 553 g/mol. The van der Waals surface area contributed by atoms with Gasteiger partial charge < -0.3 is 9.47 Å². The van der Waals surface area contributed by atoms with Crippen LogP contribution in [0.1, 0.15) is 23.6 Å². The van der Waals surface area contributed by atoms with Gasteiger partial charge in [0.15, 0.2) is 11.5 Å². The van der Waals surface area contributed by atoms with Crippen LogP contribution in [0, 0.1) is 0 Å². The molecule has 32 heavy (non-hydrogen) atoms. The highest BCUT2D eigenvalue weighted by atomic mass is 79.9. The second kappa shape index (κ2) is 10.9. The fraction of sp³-hybridized carbons (Fsp3) is 0.174. The van der Waals surface area contributed by atoms with Gasteiger partial charge in [-0.05, 0) is 76.9 Å². The summed E-state index contributed by atoms with van der Waals surface area (Å²) in [6, 6.07) is 16.0. The third-order valence-corrected chi connectivity index (χ3v) is 5.50.